The molecule has 0 radical (unpaired) electrons. The van der Waals surface area contributed by atoms with Crippen LogP contribution in [0.3, 0.4) is 0 Å². The zero-order valence-electron chi connectivity index (χ0n) is 16.5. The summed E-state index contributed by atoms with van der Waals surface area (Å²) >= 11 is 0. The summed E-state index contributed by atoms with van der Waals surface area (Å²) in [6.07, 6.45) is 4.47. The Bertz CT molecular complexity index is 481. The summed E-state index contributed by atoms with van der Waals surface area (Å²) in [7, 11) is 1.76. The van der Waals surface area contributed by atoms with Crippen molar-refractivity contribution < 1.29 is 9.47 Å². The number of hydrogen-bond acceptors (Lipinski definition) is 2. The van der Waals surface area contributed by atoms with E-state index < -0.39 is 0 Å². The molecule has 1 aromatic carbocycles. The second-order valence-corrected chi connectivity index (χ2v) is 8.41. The van der Waals surface area contributed by atoms with Gasteiger partial charge in [-0.25, -0.2) is 0 Å². The second kappa shape index (κ2) is 8.19. The topological polar surface area (TPSA) is 18.5 Å². The maximum absolute atomic E-state index is 6.15. The molecule has 0 spiro atoms. The molecule has 0 heterocycles. The monoisotopic (exact) mass is 320 g/mol. The van der Waals surface area contributed by atoms with Crippen molar-refractivity contribution >= 4 is 0 Å². The van der Waals surface area contributed by atoms with Crippen molar-refractivity contribution in [3.05, 3.63) is 29.3 Å². The van der Waals surface area contributed by atoms with Crippen molar-refractivity contribution in [1.82, 2.24) is 0 Å². The summed E-state index contributed by atoms with van der Waals surface area (Å²) in [5.74, 6) is 1.57. The average molecular weight is 321 g/mol. The number of rotatable bonds is 8. The molecule has 132 valence electrons. The van der Waals surface area contributed by atoms with Gasteiger partial charge in [0.25, 0.3) is 0 Å². The second-order valence-electron chi connectivity index (χ2n) is 8.41. The van der Waals surface area contributed by atoms with Gasteiger partial charge < -0.3 is 9.47 Å². The standard InChI is InChI=1S/C21H36O2/c1-16(2)17-12-13-19(22-8)18(15-17)11-9-10-14-21(6,7)23-20(3,4)5/h12-13,15-16H,9-11,14H2,1-8H3. The molecular formula is C21H36O2. The third-order valence-corrected chi connectivity index (χ3v) is 4.03. The lowest BCUT2D eigenvalue weighted by atomic mass is 9.95. The molecule has 0 aliphatic heterocycles. The zero-order chi connectivity index (χ0) is 17.7. The lowest BCUT2D eigenvalue weighted by Crippen LogP contribution is -2.34. The van der Waals surface area contributed by atoms with Crippen LogP contribution < -0.4 is 4.74 Å². The fourth-order valence-corrected chi connectivity index (χ4v) is 3.10. The SMILES string of the molecule is COc1ccc(C(C)C)cc1CCCCC(C)(C)OC(C)(C)C. The Kier molecular flexibility index (Phi) is 7.13. The minimum absolute atomic E-state index is 0.0673. The summed E-state index contributed by atoms with van der Waals surface area (Å²) in [6, 6.07) is 6.59. The van der Waals surface area contributed by atoms with Gasteiger partial charge >= 0.3 is 0 Å². The van der Waals surface area contributed by atoms with E-state index in [-0.39, 0.29) is 11.2 Å². The van der Waals surface area contributed by atoms with E-state index in [4.69, 9.17) is 9.47 Å². The van der Waals surface area contributed by atoms with Crippen LogP contribution in [0.2, 0.25) is 0 Å². The first kappa shape index (κ1) is 20.0. The van der Waals surface area contributed by atoms with Gasteiger partial charge in [0.15, 0.2) is 0 Å². The molecule has 0 aliphatic carbocycles. The lowest BCUT2D eigenvalue weighted by Gasteiger charge is -2.34. The number of methoxy groups -OCH3 is 1. The maximum atomic E-state index is 6.15. The van der Waals surface area contributed by atoms with Crippen LogP contribution in [0.4, 0.5) is 0 Å². The van der Waals surface area contributed by atoms with E-state index in [9.17, 15) is 0 Å². The van der Waals surface area contributed by atoms with Crippen molar-refractivity contribution in [2.75, 3.05) is 7.11 Å². The Morgan fingerprint density at radius 3 is 2.17 bits per heavy atom. The summed E-state index contributed by atoms with van der Waals surface area (Å²) < 4.78 is 11.7. The summed E-state index contributed by atoms with van der Waals surface area (Å²) in [5, 5.41) is 0. The van der Waals surface area contributed by atoms with Gasteiger partial charge in [-0.3, -0.25) is 0 Å². The number of aryl methyl sites for hydroxylation is 1. The molecule has 0 bridgehead atoms. The predicted octanol–water partition coefficient (Wildman–Crippen LogP) is 6.13. The third-order valence-electron chi connectivity index (χ3n) is 4.03. The lowest BCUT2D eigenvalue weighted by molar-refractivity contribution is -0.116. The molecule has 0 amide bonds. The molecule has 23 heavy (non-hydrogen) atoms. The first-order chi connectivity index (χ1) is 10.5. The normalized spacial score (nSPS) is 12.7. The van der Waals surface area contributed by atoms with Crippen molar-refractivity contribution in [2.24, 2.45) is 0 Å². The van der Waals surface area contributed by atoms with Gasteiger partial charge in [-0.05, 0) is 77.0 Å². The largest absolute Gasteiger partial charge is 0.496 e. The van der Waals surface area contributed by atoms with E-state index in [0.717, 1.165) is 31.4 Å². The van der Waals surface area contributed by atoms with Crippen LogP contribution in [0.15, 0.2) is 18.2 Å². The first-order valence-corrected chi connectivity index (χ1v) is 8.91. The number of hydrogen-bond donors (Lipinski definition) is 0. The Morgan fingerprint density at radius 1 is 1.00 bits per heavy atom. The van der Waals surface area contributed by atoms with E-state index in [1.807, 2.05) is 0 Å². The van der Waals surface area contributed by atoms with Crippen LogP contribution in [-0.2, 0) is 11.2 Å². The molecule has 0 atom stereocenters. The van der Waals surface area contributed by atoms with Crippen LogP contribution in [0, 0.1) is 0 Å². The predicted molar refractivity (Wildman–Crippen MR) is 99.6 cm³/mol. The Morgan fingerprint density at radius 2 is 1.65 bits per heavy atom. The Hall–Kier alpha value is -1.02. The third kappa shape index (κ3) is 7.39. The van der Waals surface area contributed by atoms with E-state index in [1.165, 1.54) is 11.1 Å². The molecule has 2 heteroatoms. The minimum Gasteiger partial charge on any atom is -0.496 e. The summed E-state index contributed by atoms with van der Waals surface area (Å²) in [5.41, 5.74) is 2.56. The molecule has 0 saturated heterocycles. The van der Waals surface area contributed by atoms with Crippen molar-refractivity contribution in [3.63, 3.8) is 0 Å². The van der Waals surface area contributed by atoms with Gasteiger partial charge in [-0.1, -0.05) is 32.4 Å². The van der Waals surface area contributed by atoms with Crippen LogP contribution >= 0.6 is 0 Å². The van der Waals surface area contributed by atoms with Crippen molar-refractivity contribution in [1.29, 1.82) is 0 Å². The van der Waals surface area contributed by atoms with Gasteiger partial charge in [0.2, 0.25) is 0 Å². The molecule has 0 unspecified atom stereocenters. The van der Waals surface area contributed by atoms with E-state index >= 15 is 0 Å². The molecular weight excluding hydrogens is 284 g/mol. The van der Waals surface area contributed by atoms with E-state index in [2.05, 4.69) is 66.7 Å². The van der Waals surface area contributed by atoms with Gasteiger partial charge in [-0.2, -0.15) is 0 Å². The molecule has 0 N–H and O–H groups in total. The highest BCUT2D eigenvalue weighted by molar-refractivity contribution is 5.38. The summed E-state index contributed by atoms with van der Waals surface area (Å²) in [6.45, 7) is 15.2. The molecule has 2 nitrogen and oxygen atoms in total. The molecule has 0 saturated carbocycles. The highest BCUT2D eigenvalue weighted by Crippen LogP contribution is 2.28. The van der Waals surface area contributed by atoms with Crippen LogP contribution in [-0.4, -0.2) is 18.3 Å². The highest BCUT2D eigenvalue weighted by Gasteiger charge is 2.25. The Labute approximate surface area is 143 Å². The maximum Gasteiger partial charge on any atom is 0.122 e. The number of benzene rings is 1. The quantitative estimate of drug-likeness (QED) is 0.537. The molecule has 0 aromatic heterocycles. The molecule has 1 rings (SSSR count). The Balaban J connectivity index is 2.57. The fraction of sp³-hybridized carbons (Fsp3) is 0.714. The van der Waals surface area contributed by atoms with Crippen LogP contribution in [0.25, 0.3) is 0 Å². The van der Waals surface area contributed by atoms with Gasteiger partial charge in [-0.15, -0.1) is 0 Å². The van der Waals surface area contributed by atoms with Crippen LogP contribution in [0.5, 0.6) is 5.75 Å². The van der Waals surface area contributed by atoms with E-state index in [0.29, 0.717) is 5.92 Å². The molecule has 0 fully saturated rings. The fourth-order valence-electron chi connectivity index (χ4n) is 3.10. The van der Waals surface area contributed by atoms with Gasteiger partial charge in [0.1, 0.15) is 5.75 Å². The molecule has 0 aliphatic rings. The smallest absolute Gasteiger partial charge is 0.122 e. The first-order valence-electron chi connectivity index (χ1n) is 8.91. The molecule has 1 aromatic rings. The average Bonchev–Trinajstić information content (AvgIpc) is 2.40. The van der Waals surface area contributed by atoms with Crippen molar-refractivity contribution in [2.45, 2.75) is 91.3 Å². The number of unbranched alkanes of at least 4 members (excludes halogenated alkanes) is 1. The van der Waals surface area contributed by atoms with Gasteiger partial charge in [0.05, 0.1) is 18.3 Å². The zero-order valence-corrected chi connectivity index (χ0v) is 16.5. The number of ether oxygens (including phenoxy) is 2. The highest BCUT2D eigenvalue weighted by atomic mass is 16.5. The van der Waals surface area contributed by atoms with Crippen molar-refractivity contribution in [3.8, 4) is 5.75 Å². The van der Waals surface area contributed by atoms with Gasteiger partial charge in [0, 0.05) is 0 Å². The van der Waals surface area contributed by atoms with Crippen LogP contribution in [0.1, 0.15) is 84.8 Å². The van der Waals surface area contributed by atoms with E-state index in [1.54, 1.807) is 7.11 Å². The minimum atomic E-state index is -0.0850. The summed E-state index contributed by atoms with van der Waals surface area (Å²) in [4.78, 5) is 0.